The number of carbonyl (C=O) groups is 2. The van der Waals surface area contributed by atoms with Crippen molar-refractivity contribution in [3.63, 3.8) is 0 Å². The average Bonchev–Trinajstić information content (AvgIpc) is 2.52. The lowest BCUT2D eigenvalue weighted by molar-refractivity contribution is -0.137. The van der Waals surface area contributed by atoms with E-state index in [1.807, 2.05) is 6.07 Å². The van der Waals surface area contributed by atoms with E-state index in [9.17, 15) is 9.59 Å². The van der Waals surface area contributed by atoms with Crippen LogP contribution in [0.5, 0.6) is 0 Å². The lowest BCUT2D eigenvalue weighted by atomic mass is 10.1. The van der Waals surface area contributed by atoms with Crippen molar-refractivity contribution in [1.29, 1.82) is 0 Å². The van der Waals surface area contributed by atoms with Crippen molar-refractivity contribution < 1.29 is 24.3 Å². The molecule has 0 aliphatic rings. The van der Waals surface area contributed by atoms with Crippen LogP contribution in [0, 0.1) is 0 Å². The van der Waals surface area contributed by atoms with Crippen LogP contribution in [0.1, 0.15) is 48.5 Å². The molecule has 1 N–H and O–H groups in total. The number of hydrogen-bond acceptors (Lipinski definition) is 5. The maximum atomic E-state index is 11.5. The molecule has 0 aromatic heterocycles. The summed E-state index contributed by atoms with van der Waals surface area (Å²) in [5, 5.41) is 12.5. The van der Waals surface area contributed by atoms with Gasteiger partial charge in [0, 0.05) is 6.42 Å². The van der Waals surface area contributed by atoms with Crippen molar-refractivity contribution >= 4 is 17.7 Å². The molecule has 0 aliphatic carbocycles. The predicted octanol–water partition coefficient (Wildman–Crippen LogP) is 2.86. The molecule has 0 bridgehead atoms. The van der Waals surface area contributed by atoms with Crippen LogP contribution >= 0.6 is 0 Å². The summed E-state index contributed by atoms with van der Waals surface area (Å²) in [5.74, 6) is -1.17. The van der Waals surface area contributed by atoms with Crippen LogP contribution < -0.4 is 0 Å². The van der Waals surface area contributed by atoms with E-state index in [1.54, 1.807) is 25.1 Å². The van der Waals surface area contributed by atoms with Crippen LogP contribution in [0.2, 0.25) is 0 Å². The zero-order valence-corrected chi connectivity index (χ0v) is 12.9. The molecule has 1 rings (SSSR count). The number of unbranched alkanes of at least 4 members (excludes halogenated alkanes) is 2. The Morgan fingerprint density at radius 1 is 1.18 bits per heavy atom. The van der Waals surface area contributed by atoms with E-state index in [4.69, 9.17) is 9.94 Å². The van der Waals surface area contributed by atoms with E-state index in [1.165, 1.54) is 7.11 Å². The van der Waals surface area contributed by atoms with Crippen LogP contribution in [0.25, 0.3) is 0 Å². The fraction of sp³-hybridized carbons (Fsp3) is 0.438. The first-order valence-corrected chi connectivity index (χ1v) is 7.11. The highest BCUT2D eigenvalue weighted by molar-refractivity contribution is 6.00. The summed E-state index contributed by atoms with van der Waals surface area (Å²) in [6, 6.07) is 6.96. The van der Waals surface area contributed by atoms with Crippen molar-refractivity contribution in [2.45, 2.75) is 32.6 Å². The summed E-state index contributed by atoms with van der Waals surface area (Å²) in [5.41, 5.74) is 1.91. The van der Waals surface area contributed by atoms with E-state index in [0.29, 0.717) is 24.3 Å². The lowest BCUT2D eigenvalue weighted by Gasteiger charge is -2.04. The third-order valence-electron chi connectivity index (χ3n) is 3.03. The van der Waals surface area contributed by atoms with Gasteiger partial charge in [-0.1, -0.05) is 17.3 Å². The fourth-order valence-corrected chi connectivity index (χ4v) is 1.80. The number of oxime groups is 1. The van der Waals surface area contributed by atoms with Crippen molar-refractivity contribution in [3.8, 4) is 0 Å². The molecule has 0 aliphatic heterocycles. The first-order valence-electron chi connectivity index (χ1n) is 7.11. The molecule has 120 valence electrons. The second-order valence-corrected chi connectivity index (χ2v) is 4.79. The minimum Gasteiger partial charge on any atom is -0.481 e. The lowest BCUT2D eigenvalue weighted by Crippen LogP contribution is -2.04. The number of esters is 1. The minimum atomic E-state index is -0.778. The van der Waals surface area contributed by atoms with Crippen LogP contribution in [0.3, 0.4) is 0 Å². The van der Waals surface area contributed by atoms with Crippen molar-refractivity contribution in [2.75, 3.05) is 13.7 Å². The first-order chi connectivity index (χ1) is 10.5. The van der Waals surface area contributed by atoms with E-state index >= 15 is 0 Å². The summed E-state index contributed by atoms with van der Waals surface area (Å²) >= 11 is 0. The Morgan fingerprint density at radius 2 is 1.91 bits per heavy atom. The number of benzene rings is 1. The number of carboxylic acid groups (broad SMARTS) is 1. The van der Waals surface area contributed by atoms with Crippen molar-refractivity contribution in [1.82, 2.24) is 0 Å². The van der Waals surface area contributed by atoms with Crippen LogP contribution in [0.4, 0.5) is 0 Å². The topological polar surface area (TPSA) is 85.2 Å². The molecular weight excluding hydrogens is 286 g/mol. The van der Waals surface area contributed by atoms with Gasteiger partial charge in [-0.15, -0.1) is 0 Å². The number of aliphatic carboxylic acids is 1. The third-order valence-corrected chi connectivity index (χ3v) is 3.03. The van der Waals surface area contributed by atoms with Crippen LogP contribution in [-0.4, -0.2) is 36.5 Å². The molecule has 1 aromatic rings. The predicted molar refractivity (Wildman–Crippen MR) is 82.0 cm³/mol. The van der Waals surface area contributed by atoms with Gasteiger partial charge in [0.1, 0.15) is 6.61 Å². The number of rotatable bonds is 9. The quantitative estimate of drug-likeness (QED) is 0.328. The highest BCUT2D eigenvalue weighted by atomic mass is 16.6. The summed E-state index contributed by atoms with van der Waals surface area (Å²) < 4.78 is 4.67. The zero-order chi connectivity index (χ0) is 16.4. The Balaban J connectivity index is 2.42. The molecule has 6 heteroatoms. The summed E-state index contributed by atoms with van der Waals surface area (Å²) in [4.78, 5) is 27.0. The number of methoxy groups -OCH3 is 1. The van der Waals surface area contributed by atoms with E-state index < -0.39 is 11.9 Å². The smallest absolute Gasteiger partial charge is 0.337 e. The maximum Gasteiger partial charge on any atom is 0.337 e. The Hall–Kier alpha value is -2.37. The standard InChI is InChI=1S/C16H21NO5/c1-12(17-22-10-5-3-4-9-15(18)19)13-7-6-8-14(11-13)16(20)21-2/h6-8,11H,3-5,9-10H2,1-2H3,(H,18,19). The van der Waals surface area contributed by atoms with E-state index in [-0.39, 0.29) is 6.42 Å². The molecule has 0 fully saturated rings. The number of hydrogen-bond donors (Lipinski definition) is 1. The summed E-state index contributed by atoms with van der Waals surface area (Å²) in [6.45, 7) is 2.23. The second-order valence-electron chi connectivity index (χ2n) is 4.79. The maximum absolute atomic E-state index is 11.5. The highest BCUT2D eigenvalue weighted by Crippen LogP contribution is 2.08. The largest absolute Gasteiger partial charge is 0.481 e. The molecule has 0 unspecified atom stereocenters. The van der Waals surface area contributed by atoms with Crippen LogP contribution in [-0.2, 0) is 14.4 Å². The molecule has 0 saturated heterocycles. The molecule has 1 aromatic carbocycles. The monoisotopic (exact) mass is 307 g/mol. The number of carbonyl (C=O) groups excluding carboxylic acids is 1. The van der Waals surface area contributed by atoms with Gasteiger partial charge < -0.3 is 14.7 Å². The molecule has 22 heavy (non-hydrogen) atoms. The number of carboxylic acids is 1. The Bertz CT molecular complexity index is 539. The van der Waals surface area contributed by atoms with Gasteiger partial charge in [0.25, 0.3) is 0 Å². The Morgan fingerprint density at radius 3 is 2.59 bits per heavy atom. The zero-order valence-electron chi connectivity index (χ0n) is 12.9. The molecular formula is C16H21NO5. The highest BCUT2D eigenvalue weighted by Gasteiger charge is 2.07. The summed E-state index contributed by atoms with van der Waals surface area (Å²) in [6.07, 6.45) is 2.37. The van der Waals surface area contributed by atoms with Gasteiger partial charge in [0.05, 0.1) is 18.4 Å². The molecule has 0 amide bonds. The van der Waals surface area contributed by atoms with Gasteiger partial charge in [-0.3, -0.25) is 4.79 Å². The molecule has 0 heterocycles. The van der Waals surface area contributed by atoms with Gasteiger partial charge in [0.2, 0.25) is 0 Å². The fourth-order valence-electron chi connectivity index (χ4n) is 1.80. The van der Waals surface area contributed by atoms with Crippen molar-refractivity contribution in [3.05, 3.63) is 35.4 Å². The number of ether oxygens (including phenoxy) is 1. The molecule has 0 spiro atoms. The van der Waals surface area contributed by atoms with Crippen LogP contribution in [0.15, 0.2) is 29.4 Å². The Kier molecular flexibility index (Phi) is 7.67. The van der Waals surface area contributed by atoms with Crippen molar-refractivity contribution in [2.24, 2.45) is 5.16 Å². The average molecular weight is 307 g/mol. The van der Waals surface area contributed by atoms with Gasteiger partial charge in [-0.2, -0.15) is 0 Å². The van der Waals surface area contributed by atoms with E-state index in [0.717, 1.165) is 18.4 Å². The molecule has 0 saturated carbocycles. The molecule has 6 nitrogen and oxygen atoms in total. The van der Waals surface area contributed by atoms with Gasteiger partial charge in [0.15, 0.2) is 0 Å². The minimum absolute atomic E-state index is 0.183. The third kappa shape index (κ3) is 6.39. The van der Waals surface area contributed by atoms with E-state index in [2.05, 4.69) is 9.89 Å². The number of nitrogens with zero attached hydrogens (tertiary/aromatic N) is 1. The van der Waals surface area contributed by atoms with Gasteiger partial charge in [-0.25, -0.2) is 4.79 Å². The Labute approximate surface area is 129 Å². The van der Waals surface area contributed by atoms with Gasteiger partial charge >= 0.3 is 11.9 Å². The normalized spacial score (nSPS) is 11.1. The van der Waals surface area contributed by atoms with Gasteiger partial charge in [-0.05, 0) is 43.9 Å². The summed E-state index contributed by atoms with van der Waals surface area (Å²) in [7, 11) is 1.34. The first kappa shape index (κ1) is 17.7. The molecule has 0 radical (unpaired) electrons. The second kappa shape index (κ2) is 9.55. The SMILES string of the molecule is COC(=O)c1cccc(C(C)=NOCCCCCC(=O)O)c1. The molecule has 0 atom stereocenters.